The molecule has 1 atom stereocenters. The van der Waals surface area contributed by atoms with Gasteiger partial charge in [0.25, 0.3) is 0 Å². The van der Waals surface area contributed by atoms with Gasteiger partial charge in [-0.15, -0.1) is 0 Å². The van der Waals surface area contributed by atoms with Gasteiger partial charge in [-0.25, -0.2) is 0 Å². The maximum atomic E-state index is 10.9. The summed E-state index contributed by atoms with van der Waals surface area (Å²) in [5.74, 6) is 0.473. The van der Waals surface area contributed by atoms with Crippen molar-refractivity contribution in [1.82, 2.24) is 0 Å². The van der Waals surface area contributed by atoms with Crippen LogP contribution in [0.25, 0.3) is 0 Å². The van der Waals surface area contributed by atoms with Crippen molar-refractivity contribution in [2.24, 2.45) is 0 Å². The number of nitrogens with zero attached hydrogens (tertiary/aromatic N) is 1. The molecule has 1 N–H and O–H groups in total. The molecule has 1 aliphatic rings. The number of benzene rings is 2. The SMILES string of the molecule is Cc1cccc(N2CCCCC2)c1Pc1cccc(C(C)(C)C)c1O.[Cl][Ti][Cl]. The quantitative estimate of drug-likeness (QED) is 0.436. The Labute approximate surface area is 188 Å². The predicted octanol–water partition coefficient (Wildman–Crippen LogP) is 5.99. The molecule has 6 heteroatoms. The van der Waals surface area contributed by atoms with Crippen LogP contribution in [0.4, 0.5) is 5.69 Å². The Hall–Kier alpha value is -0.236. The standard InChI is InChI=1S/C22H30NOP.2ClH.Ti/c1-16-10-8-12-18(23-14-6-5-7-15-23)21(16)25-19-13-9-11-17(20(19)24)22(2,3)4;;;/h8-13,24-25H,5-7,14-15H2,1-4H3;2*1H;/q;;;+2/p-2. The number of rotatable bonds is 3. The van der Waals surface area contributed by atoms with Crippen molar-refractivity contribution in [3.8, 4) is 5.75 Å². The second-order valence-electron chi connectivity index (χ2n) is 8.16. The third-order valence-corrected chi connectivity index (χ3v) is 6.62. The van der Waals surface area contributed by atoms with E-state index in [-0.39, 0.29) is 5.41 Å². The van der Waals surface area contributed by atoms with Crippen molar-refractivity contribution in [2.75, 3.05) is 18.0 Å². The molecule has 1 saturated heterocycles. The summed E-state index contributed by atoms with van der Waals surface area (Å²) < 4.78 is 0. The predicted molar refractivity (Wildman–Crippen MR) is 123 cm³/mol. The number of halogens is 2. The Morgan fingerprint density at radius 2 is 1.61 bits per heavy atom. The number of phenols is 1. The van der Waals surface area contributed by atoms with Crippen molar-refractivity contribution < 1.29 is 22.1 Å². The molecular formula is C22H30Cl2NOPTi. The van der Waals surface area contributed by atoms with Gasteiger partial charge < -0.3 is 10.0 Å². The molecule has 0 radical (unpaired) electrons. The topological polar surface area (TPSA) is 23.5 Å². The number of piperidine rings is 1. The van der Waals surface area contributed by atoms with Crippen LogP contribution >= 0.6 is 27.2 Å². The Kier molecular flexibility index (Phi) is 9.65. The van der Waals surface area contributed by atoms with E-state index in [1.807, 2.05) is 6.07 Å². The van der Waals surface area contributed by atoms with Gasteiger partial charge in [0.05, 0.1) is 0 Å². The van der Waals surface area contributed by atoms with Gasteiger partial charge >= 0.3 is 35.6 Å². The van der Waals surface area contributed by atoms with Crippen molar-refractivity contribution in [3.63, 3.8) is 0 Å². The van der Waals surface area contributed by atoms with Crippen molar-refractivity contribution in [1.29, 1.82) is 0 Å². The summed E-state index contributed by atoms with van der Waals surface area (Å²) >= 11 is -0.556. The molecule has 1 unspecified atom stereocenters. The molecule has 2 nitrogen and oxygen atoms in total. The van der Waals surface area contributed by atoms with Gasteiger partial charge in [0, 0.05) is 29.4 Å². The van der Waals surface area contributed by atoms with Crippen LogP contribution in [0.5, 0.6) is 5.75 Å². The van der Waals surface area contributed by atoms with E-state index < -0.39 is 17.0 Å². The molecule has 0 spiro atoms. The molecule has 0 aromatic heterocycles. The number of hydrogen-bond acceptors (Lipinski definition) is 2. The second-order valence-corrected chi connectivity index (χ2v) is 12.0. The van der Waals surface area contributed by atoms with E-state index in [1.54, 1.807) is 0 Å². The first-order valence-electron chi connectivity index (χ1n) is 9.70. The fourth-order valence-corrected chi connectivity index (χ4v) is 4.95. The monoisotopic (exact) mass is 473 g/mol. The van der Waals surface area contributed by atoms with Crippen LogP contribution in [0.1, 0.15) is 51.2 Å². The minimum absolute atomic E-state index is 0.0496. The third kappa shape index (κ3) is 6.38. The van der Waals surface area contributed by atoms with Crippen LogP contribution in [0, 0.1) is 6.92 Å². The molecule has 0 amide bonds. The molecule has 1 fully saturated rings. The normalized spacial score (nSPS) is 14.7. The average Bonchev–Trinajstić information content (AvgIpc) is 2.65. The molecule has 3 rings (SSSR count). The third-order valence-electron chi connectivity index (χ3n) is 5.05. The molecule has 152 valence electrons. The van der Waals surface area contributed by atoms with Gasteiger partial charge in [-0.3, -0.25) is 0 Å². The summed E-state index contributed by atoms with van der Waals surface area (Å²) in [6, 6.07) is 12.8. The van der Waals surface area contributed by atoms with Crippen LogP contribution in [0.3, 0.4) is 0 Å². The van der Waals surface area contributed by atoms with Crippen LogP contribution in [-0.2, 0) is 22.4 Å². The Balaban J connectivity index is 0.000000878. The second kappa shape index (κ2) is 11.2. The molecule has 0 saturated carbocycles. The number of anilines is 1. The zero-order chi connectivity index (χ0) is 20.7. The van der Waals surface area contributed by atoms with Gasteiger partial charge in [0.2, 0.25) is 0 Å². The summed E-state index contributed by atoms with van der Waals surface area (Å²) in [7, 11) is 10.3. The number of aryl methyl sites for hydroxylation is 1. The first-order valence-corrected chi connectivity index (χ1v) is 15.0. The van der Waals surface area contributed by atoms with Crippen LogP contribution in [0.2, 0.25) is 0 Å². The molecule has 0 aliphatic carbocycles. The van der Waals surface area contributed by atoms with E-state index in [9.17, 15) is 5.11 Å². The number of phenolic OH excluding ortho intramolecular Hbond substituents is 1. The Morgan fingerprint density at radius 3 is 2.21 bits per heavy atom. The Bertz CT molecular complexity index is 774. The maximum absolute atomic E-state index is 10.9. The van der Waals surface area contributed by atoms with E-state index >= 15 is 0 Å². The van der Waals surface area contributed by atoms with Gasteiger partial charge in [-0.2, -0.15) is 0 Å². The molecule has 1 aliphatic heterocycles. The van der Waals surface area contributed by atoms with Gasteiger partial charge in [-0.05, 0) is 48.8 Å². The van der Waals surface area contributed by atoms with E-state index in [0.29, 0.717) is 14.3 Å². The number of para-hydroxylation sites is 1. The molecule has 1 heterocycles. The van der Waals surface area contributed by atoms with Gasteiger partial charge in [0.15, 0.2) is 0 Å². The Morgan fingerprint density at radius 1 is 1.00 bits per heavy atom. The van der Waals surface area contributed by atoms with Crippen LogP contribution in [-0.4, -0.2) is 18.2 Å². The average molecular weight is 474 g/mol. The summed E-state index contributed by atoms with van der Waals surface area (Å²) in [4.78, 5) is 2.53. The van der Waals surface area contributed by atoms with Gasteiger partial charge in [-0.1, -0.05) is 59.7 Å². The fraction of sp³-hybridized carbons (Fsp3) is 0.455. The first-order chi connectivity index (χ1) is 13.3. The summed E-state index contributed by atoms with van der Waals surface area (Å²) in [5, 5.41) is 13.3. The molecule has 2 aromatic rings. The van der Waals surface area contributed by atoms with Crippen LogP contribution < -0.4 is 15.5 Å². The zero-order valence-electron chi connectivity index (χ0n) is 17.1. The molecule has 0 bridgehead atoms. The fourth-order valence-electron chi connectivity index (χ4n) is 3.60. The van der Waals surface area contributed by atoms with E-state index in [1.165, 1.54) is 35.8 Å². The minimum atomic E-state index is -0.556. The van der Waals surface area contributed by atoms with Gasteiger partial charge in [0.1, 0.15) is 5.75 Å². The van der Waals surface area contributed by atoms with Crippen molar-refractivity contribution in [3.05, 3.63) is 47.5 Å². The van der Waals surface area contributed by atoms with Crippen LogP contribution in [0.15, 0.2) is 36.4 Å². The van der Waals surface area contributed by atoms with Crippen molar-refractivity contribution in [2.45, 2.75) is 52.4 Å². The van der Waals surface area contributed by atoms with E-state index in [2.05, 4.69) is 62.9 Å². The van der Waals surface area contributed by atoms with E-state index in [4.69, 9.17) is 18.6 Å². The summed E-state index contributed by atoms with van der Waals surface area (Å²) in [6.07, 6.45) is 3.90. The molecule has 2 aromatic carbocycles. The number of hydrogen-bond donors (Lipinski definition) is 1. The van der Waals surface area contributed by atoms with Crippen molar-refractivity contribution >= 4 is 43.5 Å². The molecule has 28 heavy (non-hydrogen) atoms. The summed E-state index contributed by atoms with van der Waals surface area (Å²) in [6.45, 7) is 11.0. The first kappa shape index (κ1) is 24.0. The zero-order valence-corrected chi connectivity index (χ0v) is 21.2. The molecular weight excluding hydrogens is 444 g/mol. The van der Waals surface area contributed by atoms with E-state index in [0.717, 1.165) is 24.0 Å². The summed E-state index contributed by atoms with van der Waals surface area (Å²) in [5.41, 5.74) is 3.66. The number of aromatic hydroxyl groups is 1.